The normalized spacial score (nSPS) is 24.0. The molecular weight excluding hydrogens is 230 g/mol. The summed E-state index contributed by atoms with van der Waals surface area (Å²) in [4.78, 5) is 4.07. The molecule has 0 spiro atoms. The summed E-state index contributed by atoms with van der Waals surface area (Å²) in [6.07, 6.45) is 8.80. The molecule has 0 aliphatic heterocycles. The summed E-state index contributed by atoms with van der Waals surface area (Å²) in [7, 11) is 0. The Morgan fingerprint density at radius 3 is 3.18 bits per heavy atom. The lowest BCUT2D eigenvalue weighted by molar-refractivity contribution is 0.473. The van der Waals surface area contributed by atoms with Gasteiger partial charge in [0.2, 0.25) is 0 Å². The van der Waals surface area contributed by atoms with Crippen LogP contribution in [0, 0.1) is 11.3 Å². The molecule has 1 fully saturated rings. The quantitative estimate of drug-likeness (QED) is 0.892. The summed E-state index contributed by atoms with van der Waals surface area (Å²) in [5, 5.41) is 13.2. The number of pyridine rings is 1. The zero-order valence-corrected chi connectivity index (χ0v) is 10.8. The van der Waals surface area contributed by atoms with Crippen LogP contribution in [0.5, 0.6) is 0 Å². The Hall–Kier alpha value is -1.21. The van der Waals surface area contributed by atoms with Crippen molar-refractivity contribution in [2.45, 2.75) is 37.0 Å². The van der Waals surface area contributed by atoms with Crippen molar-refractivity contribution in [3.05, 3.63) is 24.0 Å². The number of rotatable bonds is 3. The van der Waals surface area contributed by atoms with Crippen molar-refractivity contribution >= 4 is 17.4 Å². The van der Waals surface area contributed by atoms with Crippen LogP contribution in [0.4, 0.5) is 5.69 Å². The van der Waals surface area contributed by atoms with E-state index in [2.05, 4.69) is 22.6 Å². The zero-order chi connectivity index (χ0) is 12.1. The largest absolute Gasteiger partial charge is 0.380 e. The number of hydrogen-bond acceptors (Lipinski definition) is 4. The van der Waals surface area contributed by atoms with E-state index in [9.17, 15) is 0 Å². The van der Waals surface area contributed by atoms with Crippen molar-refractivity contribution in [3.8, 4) is 6.07 Å². The molecule has 17 heavy (non-hydrogen) atoms. The maximum absolute atomic E-state index is 8.99. The van der Waals surface area contributed by atoms with Gasteiger partial charge in [-0.3, -0.25) is 0 Å². The van der Waals surface area contributed by atoms with Gasteiger partial charge in [-0.2, -0.15) is 17.0 Å². The molecule has 1 aromatic rings. The van der Waals surface area contributed by atoms with Crippen LogP contribution in [-0.2, 0) is 0 Å². The van der Waals surface area contributed by atoms with E-state index in [1.165, 1.54) is 25.7 Å². The average molecular weight is 247 g/mol. The van der Waals surface area contributed by atoms with Gasteiger partial charge < -0.3 is 5.32 Å². The lowest BCUT2D eigenvalue weighted by Crippen LogP contribution is -2.28. The Balaban J connectivity index is 2.03. The smallest absolute Gasteiger partial charge is 0.163 e. The van der Waals surface area contributed by atoms with Gasteiger partial charge in [0.05, 0.1) is 5.69 Å². The number of nitrogens with zero attached hydrogens (tertiary/aromatic N) is 2. The molecule has 1 heterocycles. The van der Waals surface area contributed by atoms with Crippen LogP contribution in [0.3, 0.4) is 0 Å². The van der Waals surface area contributed by atoms with E-state index in [0.717, 1.165) is 10.9 Å². The molecule has 3 nitrogen and oxygen atoms in total. The van der Waals surface area contributed by atoms with Crippen molar-refractivity contribution in [2.75, 3.05) is 11.6 Å². The van der Waals surface area contributed by atoms with Crippen molar-refractivity contribution in [2.24, 2.45) is 0 Å². The Kier molecular flexibility index (Phi) is 4.27. The molecule has 1 saturated carbocycles. The molecule has 2 atom stereocenters. The molecule has 1 aliphatic rings. The number of nitrogens with one attached hydrogen (secondary N) is 1. The Morgan fingerprint density at radius 1 is 1.53 bits per heavy atom. The van der Waals surface area contributed by atoms with Crippen LogP contribution in [0.15, 0.2) is 18.3 Å². The van der Waals surface area contributed by atoms with Crippen LogP contribution >= 0.6 is 11.8 Å². The molecule has 0 radical (unpaired) electrons. The predicted octanol–water partition coefficient (Wildman–Crippen LogP) is 3.04. The highest BCUT2D eigenvalue weighted by Gasteiger charge is 2.21. The molecule has 0 bridgehead atoms. The highest BCUT2D eigenvalue weighted by Crippen LogP contribution is 2.29. The number of hydrogen-bond donors (Lipinski definition) is 1. The van der Waals surface area contributed by atoms with E-state index in [0.29, 0.717) is 11.7 Å². The molecular formula is C13H17N3S. The summed E-state index contributed by atoms with van der Waals surface area (Å²) in [5.74, 6) is 0. The lowest BCUT2D eigenvalue weighted by Gasteiger charge is -2.29. The molecule has 1 N–H and O–H groups in total. The summed E-state index contributed by atoms with van der Waals surface area (Å²) in [5.41, 5.74) is 1.38. The van der Waals surface area contributed by atoms with Gasteiger partial charge in [-0.1, -0.05) is 6.42 Å². The first kappa shape index (κ1) is 12.3. The molecule has 0 aromatic carbocycles. The Morgan fingerprint density at radius 2 is 2.41 bits per heavy atom. The average Bonchev–Trinajstić information content (AvgIpc) is 2.39. The molecule has 1 aromatic heterocycles. The Labute approximate surface area is 107 Å². The van der Waals surface area contributed by atoms with Crippen molar-refractivity contribution in [3.63, 3.8) is 0 Å². The van der Waals surface area contributed by atoms with E-state index >= 15 is 0 Å². The first-order chi connectivity index (χ1) is 8.33. The SMILES string of the molecule is CSC1CCCC(Nc2cccnc2C#N)C1. The summed E-state index contributed by atoms with van der Waals surface area (Å²) in [6.45, 7) is 0. The maximum Gasteiger partial charge on any atom is 0.163 e. The predicted molar refractivity (Wildman–Crippen MR) is 72.1 cm³/mol. The van der Waals surface area contributed by atoms with Crippen LogP contribution in [0.2, 0.25) is 0 Å². The molecule has 1 aliphatic carbocycles. The molecule has 90 valence electrons. The number of thioether (sulfide) groups is 1. The minimum absolute atomic E-state index is 0.484. The number of nitriles is 1. The Bertz CT molecular complexity index is 413. The topological polar surface area (TPSA) is 48.7 Å². The first-order valence-corrected chi connectivity index (χ1v) is 7.26. The fourth-order valence-electron chi connectivity index (χ4n) is 2.32. The van der Waals surface area contributed by atoms with Crippen LogP contribution < -0.4 is 5.32 Å². The van der Waals surface area contributed by atoms with Gasteiger partial charge in [-0.25, -0.2) is 4.98 Å². The van der Waals surface area contributed by atoms with E-state index in [-0.39, 0.29) is 0 Å². The molecule has 4 heteroatoms. The third-order valence-electron chi connectivity index (χ3n) is 3.23. The molecule has 0 saturated heterocycles. The highest BCUT2D eigenvalue weighted by atomic mass is 32.2. The van der Waals surface area contributed by atoms with Gasteiger partial charge in [-0.05, 0) is 37.7 Å². The van der Waals surface area contributed by atoms with E-state index in [1.807, 2.05) is 23.9 Å². The second-order valence-corrected chi connectivity index (χ2v) is 5.52. The van der Waals surface area contributed by atoms with Gasteiger partial charge in [0.1, 0.15) is 6.07 Å². The zero-order valence-electron chi connectivity index (χ0n) is 10.0. The maximum atomic E-state index is 8.99. The van der Waals surface area contributed by atoms with Gasteiger partial charge in [0.15, 0.2) is 5.69 Å². The van der Waals surface area contributed by atoms with Crippen LogP contribution in [0.25, 0.3) is 0 Å². The van der Waals surface area contributed by atoms with Gasteiger partial charge in [0, 0.05) is 17.5 Å². The minimum atomic E-state index is 0.484. The van der Waals surface area contributed by atoms with Gasteiger partial charge >= 0.3 is 0 Å². The third kappa shape index (κ3) is 3.13. The van der Waals surface area contributed by atoms with Crippen molar-refractivity contribution < 1.29 is 0 Å². The molecule has 2 unspecified atom stereocenters. The van der Waals surface area contributed by atoms with Crippen molar-refractivity contribution in [1.29, 1.82) is 5.26 Å². The fraction of sp³-hybridized carbons (Fsp3) is 0.538. The molecule has 2 rings (SSSR count). The van der Waals surface area contributed by atoms with Crippen molar-refractivity contribution in [1.82, 2.24) is 4.98 Å². The second-order valence-electron chi connectivity index (χ2n) is 4.38. The minimum Gasteiger partial charge on any atom is -0.380 e. The van der Waals surface area contributed by atoms with E-state index in [4.69, 9.17) is 5.26 Å². The van der Waals surface area contributed by atoms with Gasteiger partial charge in [0.25, 0.3) is 0 Å². The summed E-state index contributed by atoms with van der Waals surface area (Å²) in [6, 6.07) is 6.43. The van der Waals surface area contributed by atoms with E-state index < -0.39 is 0 Å². The standard InChI is InChI=1S/C13H17N3S/c1-17-11-5-2-4-10(8-11)16-12-6-3-7-15-13(12)9-14/h3,6-7,10-11,16H,2,4-5,8H2,1H3. The second kappa shape index (κ2) is 5.92. The van der Waals surface area contributed by atoms with Gasteiger partial charge in [-0.15, -0.1) is 0 Å². The highest BCUT2D eigenvalue weighted by molar-refractivity contribution is 7.99. The third-order valence-corrected chi connectivity index (χ3v) is 4.33. The van der Waals surface area contributed by atoms with E-state index in [1.54, 1.807) is 6.20 Å². The fourth-order valence-corrected chi connectivity index (χ4v) is 3.15. The lowest BCUT2D eigenvalue weighted by atomic mass is 9.94. The van der Waals surface area contributed by atoms with Crippen LogP contribution in [-0.4, -0.2) is 22.5 Å². The number of aromatic nitrogens is 1. The number of anilines is 1. The molecule has 0 amide bonds. The summed E-state index contributed by atoms with van der Waals surface area (Å²) < 4.78 is 0. The van der Waals surface area contributed by atoms with Crippen LogP contribution in [0.1, 0.15) is 31.4 Å². The summed E-state index contributed by atoms with van der Waals surface area (Å²) >= 11 is 1.95. The first-order valence-electron chi connectivity index (χ1n) is 5.98. The monoisotopic (exact) mass is 247 g/mol.